The van der Waals surface area contributed by atoms with E-state index in [9.17, 15) is 4.39 Å². The molecule has 0 bridgehead atoms. The minimum atomic E-state index is -0.276. The fourth-order valence-corrected chi connectivity index (χ4v) is 3.68. The van der Waals surface area contributed by atoms with Crippen LogP contribution in [-0.4, -0.2) is 13.1 Å². The zero-order chi connectivity index (χ0) is 19.3. The van der Waals surface area contributed by atoms with Crippen LogP contribution >= 0.6 is 11.6 Å². The fourth-order valence-electron chi connectivity index (χ4n) is 3.44. The van der Waals surface area contributed by atoms with Crippen molar-refractivity contribution in [2.75, 3.05) is 18.4 Å². The molecule has 0 atom stereocenters. The topological polar surface area (TPSA) is 33.3 Å². The van der Waals surface area contributed by atoms with Crippen LogP contribution in [0.5, 0.6) is 11.5 Å². The molecular formula is C23H22ClFN2O. The molecule has 0 aliphatic carbocycles. The van der Waals surface area contributed by atoms with Gasteiger partial charge in [-0.05, 0) is 85.1 Å². The Morgan fingerprint density at radius 3 is 2.32 bits per heavy atom. The van der Waals surface area contributed by atoms with Gasteiger partial charge >= 0.3 is 0 Å². The van der Waals surface area contributed by atoms with Gasteiger partial charge in [0.2, 0.25) is 0 Å². The van der Waals surface area contributed by atoms with Crippen molar-refractivity contribution < 1.29 is 9.13 Å². The number of nitrogens with one attached hydrogen (secondary N) is 2. The van der Waals surface area contributed by atoms with Crippen LogP contribution in [-0.2, 0) is 19.4 Å². The van der Waals surface area contributed by atoms with Gasteiger partial charge in [-0.15, -0.1) is 0 Å². The number of hydrogen-bond acceptors (Lipinski definition) is 3. The maximum atomic E-state index is 13.0. The molecular weight excluding hydrogens is 375 g/mol. The molecule has 0 aromatic heterocycles. The predicted molar refractivity (Wildman–Crippen MR) is 112 cm³/mol. The molecule has 0 saturated carbocycles. The Labute approximate surface area is 169 Å². The maximum absolute atomic E-state index is 13.0. The van der Waals surface area contributed by atoms with Crippen LogP contribution in [0.2, 0.25) is 5.02 Å². The second-order valence-electron chi connectivity index (χ2n) is 6.86. The molecule has 5 heteroatoms. The highest BCUT2D eigenvalue weighted by Gasteiger charge is 2.14. The quantitative estimate of drug-likeness (QED) is 0.591. The molecule has 3 aromatic carbocycles. The van der Waals surface area contributed by atoms with Gasteiger partial charge in [0.1, 0.15) is 17.3 Å². The van der Waals surface area contributed by atoms with Crippen molar-refractivity contribution in [3.63, 3.8) is 0 Å². The summed E-state index contributed by atoms with van der Waals surface area (Å²) in [6.07, 6.45) is 2.00. The van der Waals surface area contributed by atoms with Gasteiger partial charge in [-0.25, -0.2) is 4.39 Å². The summed E-state index contributed by atoms with van der Waals surface area (Å²) in [4.78, 5) is 0. The number of fused-ring (bicyclic) bond motifs is 1. The third kappa shape index (κ3) is 4.46. The monoisotopic (exact) mass is 396 g/mol. The zero-order valence-corrected chi connectivity index (χ0v) is 16.2. The summed E-state index contributed by atoms with van der Waals surface area (Å²) in [5.41, 5.74) is 4.84. The summed E-state index contributed by atoms with van der Waals surface area (Å²) >= 11 is 6.48. The lowest BCUT2D eigenvalue weighted by Crippen LogP contribution is -2.16. The Balaban J connectivity index is 1.43. The Morgan fingerprint density at radius 2 is 1.57 bits per heavy atom. The summed E-state index contributed by atoms with van der Waals surface area (Å²) in [6, 6.07) is 18.0. The van der Waals surface area contributed by atoms with Crippen LogP contribution in [0.1, 0.15) is 16.7 Å². The molecule has 3 aromatic rings. The van der Waals surface area contributed by atoms with E-state index in [-0.39, 0.29) is 5.82 Å². The summed E-state index contributed by atoms with van der Waals surface area (Å²) in [5.74, 6) is 1.05. The smallest absolute Gasteiger partial charge is 0.127 e. The number of halogens is 2. The van der Waals surface area contributed by atoms with Crippen molar-refractivity contribution in [1.82, 2.24) is 5.32 Å². The molecule has 0 unspecified atom stereocenters. The second-order valence-corrected chi connectivity index (χ2v) is 7.27. The first-order chi connectivity index (χ1) is 13.7. The van der Waals surface area contributed by atoms with Crippen LogP contribution in [0, 0.1) is 5.82 Å². The highest BCUT2D eigenvalue weighted by Crippen LogP contribution is 2.31. The number of hydrogen-bond donors (Lipinski definition) is 2. The van der Waals surface area contributed by atoms with E-state index in [4.69, 9.17) is 16.3 Å². The van der Waals surface area contributed by atoms with Crippen molar-refractivity contribution in [2.45, 2.75) is 19.4 Å². The molecule has 2 N–H and O–H groups in total. The Kier molecular flexibility index (Phi) is 5.79. The van der Waals surface area contributed by atoms with Crippen LogP contribution < -0.4 is 15.4 Å². The molecule has 3 nitrogen and oxygen atoms in total. The van der Waals surface area contributed by atoms with Gasteiger partial charge in [0.25, 0.3) is 0 Å². The number of rotatable bonds is 5. The van der Waals surface area contributed by atoms with Gasteiger partial charge < -0.3 is 15.4 Å². The van der Waals surface area contributed by atoms with Crippen molar-refractivity contribution in [3.05, 3.63) is 88.2 Å². The van der Waals surface area contributed by atoms with Crippen molar-refractivity contribution in [3.8, 4) is 11.5 Å². The summed E-state index contributed by atoms with van der Waals surface area (Å²) < 4.78 is 18.7. The van der Waals surface area contributed by atoms with E-state index in [0.717, 1.165) is 42.2 Å². The van der Waals surface area contributed by atoms with Gasteiger partial charge in [-0.2, -0.15) is 0 Å². The van der Waals surface area contributed by atoms with E-state index in [1.165, 1.54) is 23.3 Å². The molecule has 1 heterocycles. The first-order valence-electron chi connectivity index (χ1n) is 9.46. The third-order valence-electron chi connectivity index (χ3n) is 4.92. The number of ether oxygens (including phenoxy) is 1. The highest BCUT2D eigenvalue weighted by molar-refractivity contribution is 6.33. The molecule has 0 fully saturated rings. The van der Waals surface area contributed by atoms with Gasteiger partial charge in [0, 0.05) is 6.54 Å². The van der Waals surface area contributed by atoms with E-state index < -0.39 is 0 Å². The normalized spacial score (nSPS) is 13.5. The minimum Gasteiger partial charge on any atom is -0.457 e. The molecule has 4 rings (SSSR count). The van der Waals surface area contributed by atoms with Gasteiger partial charge in [-0.1, -0.05) is 29.8 Å². The highest BCUT2D eigenvalue weighted by atomic mass is 35.5. The Bertz CT molecular complexity index is 942. The van der Waals surface area contributed by atoms with Gasteiger partial charge in [-0.3, -0.25) is 0 Å². The molecule has 144 valence electrons. The first-order valence-corrected chi connectivity index (χ1v) is 9.84. The lowest BCUT2D eigenvalue weighted by atomic mass is 10.0. The number of benzene rings is 3. The standard InChI is InChI=1S/C23H22ClFN2O/c24-22-10-3-17-11-13-26-14-12-21(17)23(22)27-15-16-1-6-19(7-2-16)28-20-8-4-18(25)5-9-20/h1-10,26-27H,11-15H2. The Morgan fingerprint density at radius 1 is 0.893 bits per heavy atom. The van der Waals surface area contributed by atoms with E-state index in [1.807, 2.05) is 30.3 Å². The van der Waals surface area contributed by atoms with Crippen LogP contribution in [0.4, 0.5) is 10.1 Å². The maximum Gasteiger partial charge on any atom is 0.127 e. The summed E-state index contributed by atoms with van der Waals surface area (Å²) in [6.45, 7) is 2.65. The molecule has 28 heavy (non-hydrogen) atoms. The van der Waals surface area contributed by atoms with Crippen LogP contribution in [0.15, 0.2) is 60.7 Å². The second kappa shape index (κ2) is 8.63. The molecule has 0 amide bonds. The number of anilines is 1. The molecule has 0 radical (unpaired) electrons. The molecule has 1 aliphatic heterocycles. The Hall–Kier alpha value is -2.56. The van der Waals surface area contributed by atoms with Crippen molar-refractivity contribution in [1.29, 1.82) is 0 Å². The fraction of sp³-hybridized carbons (Fsp3) is 0.217. The average molecular weight is 397 g/mol. The SMILES string of the molecule is Fc1ccc(Oc2ccc(CNc3c(Cl)ccc4c3CCNCC4)cc2)cc1. The predicted octanol–water partition coefficient (Wildman–Crippen LogP) is 5.57. The van der Waals surface area contributed by atoms with E-state index in [2.05, 4.69) is 16.7 Å². The molecule has 0 spiro atoms. The molecule has 1 aliphatic rings. The first kappa shape index (κ1) is 18.8. The van der Waals surface area contributed by atoms with Crippen LogP contribution in [0.25, 0.3) is 0 Å². The lowest BCUT2D eigenvalue weighted by Gasteiger charge is -2.16. The van der Waals surface area contributed by atoms with Gasteiger partial charge in [0.15, 0.2) is 0 Å². The average Bonchev–Trinajstić information content (AvgIpc) is 2.96. The van der Waals surface area contributed by atoms with E-state index in [0.29, 0.717) is 18.0 Å². The minimum absolute atomic E-state index is 0.276. The van der Waals surface area contributed by atoms with Crippen LogP contribution in [0.3, 0.4) is 0 Å². The van der Waals surface area contributed by atoms with Crippen molar-refractivity contribution in [2.24, 2.45) is 0 Å². The van der Waals surface area contributed by atoms with E-state index >= 15 is 0 Å². The van der Waals surface area contributed by atoms with Gasteiger partial charge in [0.05, 0.1) is 10.7 Å². The van der Waals surface area contributed by atoms with Crippen molar-refractivity contribution >= 4 is 17.3 Å². The lowest BCUT2D eigenvalue weighted by molar-refractivity contribution is 0.480. The summed E-state index contributed by atoms with van der Waals surface area (Å²) in [5, 5.41) is 7.72. The zero-order valence-electron chi connectivity index (χ0n) is 15.5. The largest absolute Gasteiger partial charge is 0.457 e. The van der Waals surface area contributed by atoms with E-state index in [1.54, 1.807) is 12.1 Å². The summed E-state index contributed by atoms with van der Waals surface area (Å²) in [7, 11) is 0. The molecule has 0 saturated heterocycles. The third-order valence-corrected chi connectivity index (χ3v) is 5.24.